The average molecular weight is 364 g/mol. The van der Waals surface area contributed by atoms with Crippen LogP contribution in [0.1, 0.15) is 34.1 Å². The molecule has 0 fully saturated rings. The second-order valence-electron chi connectivity index (χ2n) is 6.57. The molecule has 0 spiro atoms. The van der Waals surface area contributed by atoms with Crippen LogP contribution in [0.4, 0.5) is 4.39 Å². The van der Waals surface area contributed by atoms with Gasteiger partial charge < -0.3 is 10.0 Å². The Hall–Kier alpha value is -3.28. The third-order valence-corrected chi connectivity index (χ3v) is 4.93. The Labute approximate surface area is 155 Å². The van der Waals surface area contributed by atoms with E-state index in [2.05, 4.69) is 4.98 Å². The first kappa shape index (κ1) is 17.1. The van der Waals surface area contributed by atoms with Crippen LogP contribution < -0.4 is 0 Å². The van der Waals surface area contributed by atoms with E-state index in [-0.39, 0.29) is 23.5 Å². The normalized spacial score (nSPS) is 16.2. The molecule has 27 heavy (non-hydrogen) atoms. The molecule has 6 heteroatoms. The molecule has 1 N–H and O–H groups in total. The standard InChI is InChI=1S/C21H17FN2O3/c22-16-7-3-5-14-8-9-17(23-20(14)16)21(27)24-11-10-13-4-1-2-6-15(13)18(24)12-19(25)26/h1-9,18H,10-12H2,(H,25,26)/t18-/m1/s1. The molecular weight excluding hydrogens is 347 g/mol. The van der Waals surface area contributed by atoms with Crippen LogP contribution in [0.3, 0.4) is 0 Å². The van der Waals surface area contributed by atoms with Crippen LogP contribution in [0.25, 0.3) is 10.9 Å². The number of rotatable bonds is 3. The van der Waals surface area contributed by atoms with Crippen LogP contribution in [-0.2, 0) is 11.2 Å². The molecule has 1 amide bonds. The highest BCUT2D eigenvalue weighted by Gasteiger charge is 2.33. The molecule has 0 unspecified atom stereocenters. The summed E-state index contributed by atoms with van der Waals surface area (Å²) < 4.78 is 14.1. The van der Waals surface area contributed by atoms with Gasteiger partial charge >= 0.3 is 5.97 Å². The minimum atomic E-state index is -0.980. The molecule has 0 radical (unpaired) electrons. The number of nitrogens with zero attached hydrogens (tertiary/aromatic N) is 2. The lowest BCUT2D eigenvalue weighted by Crippen LogP contribution is -2.41. The molecule has 0 bridgehead atoms. The summed E-state index contributed by atoms with van der Waals surface area (Å²) in [5.41, 5.74) is 2.13. The zero-order valence-electron chi connectivity index (χ0n) is 14.4. The minimum Gasteiger partial charge on any atom is -0.481 e. The molecule has 2 aromatic carbocycles. The van der Waals surface area contributed by atoms with Crippen molar-refractivity contribution in [2.24, 2.45) is 0 Å². The molecule has 3 aromatic rings. The molecule has 0 saturated heterocycles. The zero-order chi connectivity index (χ0) is 19.0. The first-order chi connectivity index (χ1) is 13.0. The zero-order valence-corrected chi connectivity index (χ0v) is 14.4. The summed E-state index contributed by atoms with van der Waals surface area (Å²) in [6.45, 7) is 0.394. The number of benzene rings is 2. The number of amides is 1. The van der Waals surface area contributed by atoms with E-state index in [0.717, 1.165) is 11.1 Å². The average Bonchev–Trinajstić information content (AvgIpc) is 2.67. The number of carboxylic acids is 1. The summed E-state index contributed by atoms with van der Waals surface area (Å²) in [7, 11) is 0. The quantitative estimate of drug-likeness (QED) is 0.771. The number of halogens is 1. The Balaban J connectivity index is 1.74. The first-order valence-corrected chi connectivity index (χ1v) is 8.70. The number of hydrogen-bond donors (Lipinski definition) is 1. The van der Waals surface area contributed by atoms with Gasteiger partial charge in [0.1, 0.15) is 17.0 Å². The Kier molecular flexibility index (Phi) is 4.32. The third-order valence-electron chi connectivity index (χ3n) is 4.93. The molecular formula is C21H17FN2O3. The van der Waals surface area contributed by atoms with Crippen molar-refractivity contribution in [2.75, 3.05) is 6.54 Å². The van der Waals surface area contributed by atoms with Gasteiger partial charge in [0, 0.05) is 11.9 Å². The van der Waals surface area contributed by atoms with Gasteiger partial charge in [0.05, 0.1) is 12.5 Å². The van der Waals surface area contributed by atoms with E-state index in [9.17, 15) is 19.1 Å². The van der Waals surface area contributed by atoms with Crippen LogP contribution in [0.5, 0.6) is 0 Å². The topological polar surface area (TPSA) is 70.5 Å². The highest BCUT2D eigenvalue weighted by Crippen LogP contribution is 2.33. The van der Waals surface area contributed by atoms with Crippen LogP contribution in [0, 0.1) is 5.82 Å². The van der Waals surface area contributed by atoms with E-state index >= 15 is 0 Å². The van der Waals surface area contributed by atoms with Crippen molar-refractivity contribution in [3.05, 3.63) is 77.2 Å². The third kappa shape index (κ3) is 3.14. The lowest BCUT2D eigenvalue weighted by molar-refractivity contribution is -0.138. The van der Waals surface area contributed by atoms with Crippen LogP contribution in [0.2, 0.25) is 0 Å². The Morgan fingerprint density at radius 1 is 1.11 bits per heavy atom. The smallest absolute Gasteiger partial charge is 0.305 e. The summed E-state index contributed by atoms with van der Waals surface area (Å²) in [5, 5.41) is 9.94. The summed E-state index contributed by atoms with van der Waals surface area (Å²) in [6, 6.07) is 14.8. The molecule has 0 aliphatic carbocycles. The summed E-state index contributed by atoms with van der Waals surface area (Å²) in [4.78, 5) is 30.2. The SMILES string of the molecule is O=C(O)C[C@@H]1c2ccccc2CCN1C(=O)c1ccc2cccc(F)c2n1. The van der Waals surface area contributed by atoms with Crippen LogP contribution >= 0.6 is 0 Å². The molecule has 4 rings (SSSR count). The largest absolute Gasteiger partial charge is 0.481 e. The first-order valence-electron chi connectivity index (χ1n) is 8.70. The predicted octanol–water partition coefficient (Wildman–Crippen LogP) is 3.59. The number of carbonyl (C=O) groups excluding carboxylic acids is 1. The van der Waals surface area contributed by atoms with Crippen molar-refractivity contribution in [2.45, 2.75) is 18.9 Å². The molecule has 5 nitrogen and oxygen atoms in total. The highest BCUT2D eigenvalue weighted by atomic mass is 19.1. The van der Waals surface area contributed by atoms with Gasteiger partial charge in [0.2, 0.25) is 0 Å². The molecule has 136 valence electrons. The maximum absolute atomic E-state index is 14.1. The van der Waals surface area contributed by atoms with Gasteiger partial charge in [-0.15, -0.1) is 0 Å². The van der Waals surface area contributed by atoms with Gasteiger partial charge in [-0.3, -0.25) is 9.59 Å². The van der Waals surface area contributed by atoms with E-state index in [0.29, 0.717) is 18.4 Å². The van der Waals surface area contributed by atoms with Gasteiger partial charge in [-0.1, -0.05) is 42.5 Å². The highest BCUT2D eigenvalue weighted by molar-refractivity contribution is 5.95. The minimum absolute atomic E-state index is 0.113. The number of carboxylic acid groups (broad SMARTS) is 1. The van der Waals surface area contributed by atoms with E-state index < -0.39 is 17.8 Å². The van der Waals surface area contributed by atoms with E-state index in [1.807, 2.05) is 24.3 Å². The molecule has 2 heterocycles. The second-order valence-corrected chi connectivity index (χ2v) is 6.57. The Morgan fingerprint density at radius 2 is 1.93 bits per heavy atom. The maximum atomic E-state index is 14.1. The van der Waals surface area contributed by atoms with Crippen molar-refractivity contribution in [1.82, 2.24) is 9.88 Å². The fourth-order valence-corrected chi connectivity index (χ4v) is 3.66. The van der Waals surface area contributed by atoms with Gasteiger partial charge in [0.25, 0.3) is 5.91 Å². The number of hydrogen-bond acceptors (Lipinski definition) is 3. The lowest BCUT2D eigenvalue weighted by atomic mass is 9.90. The number of fused-ring (bicyclic) bond motifs is 2. The van der Waals surface area contributed by atoms with Crippen LogP contribution in [0.15, 0.2) is 54.6 Å². The summed E-state index contributed by atoms with van der Waals surface area (Å²) in [5.74, 6) is -1.86. The monoisotopic (exact) mass is 364 g/mol. The van der Waals surface area contributed by atoms with Gasteiger partial charge in [0.15, 0.2) is 0 Å². The van der Waals surface area contributed by atoms with Gasteiger partial charge in [-0.25, -0.2) is 9.37 Å². The Bertz CT molecular complexity index is 1050. The van der Waals surface area contributed by atoms with Gasteiger partial charge in [-0.05, 0) is 29.7 Å². The molecule has 1 atom stereocenters. The molecule has 1 aromatic heterocycles. The second kappa shape index (κ2) is 6.79. The predicted molar refractivity (Wildman–Crippen MR) is 97.9 cm³/mol. The Morgan fingerprint density at radius 3 is 2.74 bits per heavy atom. The number of aromatic nitrogens is 1. The maximum Gasteiger partial charge on any atom is 0.305 e. The summed E-state index contributed by atoms with van der Waals surface area (Å²) >= 11 is 0. The number of pyridine rings is 1. The van der Waals surface area contributed by atoms with Crippen molar-refractivity contribution < 1.29 is 19.1 Å². The van der Waals surface area contributed by atoms with Crippen molar-refractivity contribution >= 4 is 22.8 Å². The fourth-order valence-electron chi connectivity index (χ4n) is 3.66. The number of para-hydroxylation sites is 1. The molecule has 1 aliphatic rings. The van der Waals surface area contributed by atoms with Crippen molar-refractivity contribution in [3.8, 4) is 0 Å². The number of aliphatic carboxylic acids is 1. The summed E-state index contributed by atoms with van der Waals surface area (Å²) in [6.07, 6.45) is 0.449. The molecule has 0 saturated carbocycles. The van der Waals surface area contributed by atoms with Gasteiger partial charge in [-0.2, -0.15) is 0 Å². The number of carbonyl (C=O) groups is 2. The van der Waals surface area contributed by atoms with E-state index in [4.69, 9.17) is 0 Å². The van der Waals surface area contributed by atoms with Crippen molar-refractivity contribution in [3.63, 3.8) is 0 Å². The molecule has 1 aliphatic heterocycles. The fraction of sp³-hybridized carbons (Fsp3) is 0.190. The van der Waals surface area contributed by atoms with E-state index in [1.165, 1.54) is 11.0 Å². The van der Waals surface area contributed by atoms with Crippen LogP contribution in [-0.4, -0.2) is 33.4 Å². The van der Waals surface area contributed by atoms with E-state index in [1.54, 1.807) is 24.3 Å². The van der Waals surface area contributed by atoms with Crippen molar-refractivity contribution in [1.29, 1.82) is 0 Å². The lowest BCUT2D eigenvalue weighted by Gasteiger charge is -2.36.